The minimum absolute atomic E-state index is 0.175. The number of carbonyl (C=O) groups is 1. The van der Waals surface area contributed by atoms with Gasteiger partial charge in [0.25, 0.3) is 0 Å². The molecule has 0 unspecified atom stereocenters. The SMILES string of the molecule is O=C(NCc1cn2cc(Cl)ccc2n1)N(Cc1ccccc1F)C1CC1. The molecule has 1 fully saturated rings. The Morgan fingerprint density at radius 2 is 2.08 bits per heavy atom. The van der Waals surface area contributed by atoms with Crippen LogP contribution in [0.1, 0.15) is 24.1 Å². The Hall–Kier alpha value is -2.60. The molecule has 7 heteroatoms. The highest BCUT2D eigenvalue weighted by Gasteiger charge is 2.33. The summed E-state index contributed by atoms with van der Waals surface area (Å²) in [5.41, 5.74) is 2.03. The van der Waals surface area contributed by atoms with Gasteiger partial charge in [-0.25, -0.2) is 14.2 Å². The van der Waals surface area contributed by atoms with E-state index in [0.717, 1.165) is 24.2 Å². The standard InChI is InChI=1S/C19H18ClFN4O/c20-14-5-8-18-23-15(12-24(18)11-14)9-22-19(26)25(16-6-7-16)10-13-3-1-2-4-17(13)21/h1-5,8,11-12,16H,6-7,9-10H2,(H,22,26). The summed E-state index contributed by atoms with van der Waals surface area (Å²) in [5, 5.41) is 3.51. The summed E-state index contributed by atoms with van der Waals surface area (Å²) in [5.74, 6) is -0.289. The van der Waals surface area contributed by atoms with Gasteiger partial charge >= 0.3 is 6.03 Å². The number of benzene rings is 1. The first-order chi connectivity index (χ1) is 12.6. The Morgan fingerprint density at radius 3 is 2.85 bits per heavy atom. The highest BCUT2D eigenvalue weighted by molar-refractivity contribution is 6.30. The van der Waals surface area contributed by atoms with E-state index in [1.807, 2.05) is 16.7 Å². The zero-order chi connectivity index (χ0) is 18.1. The molecule has 0 saturated heterocycles. The van der Waals surface area contributed by atoms with Crippen LogP contribution in [0, 0.1) is 5.82 Å². The number of hydrogen-bond donors (Lipinski definition) is 1. The number of carbonyl (C=O) groups excluding carboxylic acids is 1. The second-order valence-electron chi connectivity index (χ2n) is 6.45. The number of amides is 2. The van der Waals surface area contributed by atoms with Crippen molar-refractivity contribution in [3.8, 4) is 0 Å². The van der Waals surface area contributed by atoms with Crippen LogP contribution in [0.3, 0.4) is 0 Å². The predicted molar refractivity (Wildman–Crippen MR) is 97.4 cm³/mol. The number of imidazole rings is 1. The van der Waals surface area contributed by atoms with Crippen molar-refractivity contribution in [3.05, 3.63) is 70.9 Å². The first kappa shape index (κ1) is 16.8. The van der Waals surface area contributed by atoms with E-state index in [1.165, 1.54) is 6.07 Å². The molecule has 3 aromatic rings. The zero-order valence-electron chi connectivity index (χ0n) is 14.0. The Morgan fingerprint density at radius 1 is 1.27 bits per heavy atom. The number of fused-ring (bicyclic) bond motifs is 1. The van der Waals surface area contributed by atoms with Gasteiger partial charge in [0.05, 0.1) is 23.8 Å². The molecule has 1 aliphatic carbocycles. The maximum absolute atomic E-state index is 13.9. The highest BCUT2D eigenvalue weighted by Crippen LogP contribution is 2.28. The summed E-state index contributed by atoms with van der Waals surface area (Å²) in [4.78, 5) is 18.8. The van der Waals surface area contributed by atoms with Crippen molar-refractivity contribution in [1.82, 2.24) is 19.6 Å². The quantitative estimate of drug-likeness (QED) is 0.736. The number of pyridine rings is 1. The van der Waals surface area contributed by atoms with Crippen LogP contribution in [-0.4, -0.2) is 26.4 Å². The fraction of sp³-hybridized carbons (Fsp3) is 0.263. The second-order valence-corrected chi connectivity index (χ2v) is 6.89. The third-order valence-electron chi connectivity index (χ3n) is 4.43. The third-order valence-corrected chi connectivity index (χ3v) is 4.66. The number of hydrogen-bond acceptors (Lipinski definition) is 2. The molecule has 1 aliphatic rings. The summed E-state index contributed by atoms with van der Waals surface area (Å²) >= 11 is 5.97. The average molecular weight is 373 g/mol. The number of nitrogens with one attached hydrogen (secondary N) is 1. The second kappa shape index (κ2) is 6.96. The lowest BCUT2D eigenvalue weighted by Gasteiger charge is -2.23. The first-order valence-electron chi connectivity index (χ1n) is 8.51. The maximum Gasteiger partial charge on any atom is 0.318 e. The predicted octanol–water partition coefficient (Wildman–Crippen LogP) is 4.00. The average Bonchev–Trinajstić information content (AvgIpc) is 3.38. The molecular weight excluding hydrogens is 355 g/mol. The lowest BCUT2D eigenvalue weighted by molar-refractivity contribution is 0.190. The van der Waals surface area contributed by atoms with E-state index in [-0.39, 0.29) is 24.4 Å². The summed E-state index contributed by atoms with van der Waals surface area (Å²) < 4.78 is 15.7. The van der Waals surface area contributed by atoms with Crippen LogP contribution in [0.4, 0.5) is 9.18 Å². The van der Waals surface area contributed by atoms with Gasteiger partial charge in [0.2, 0.25) is 0 Å². The topological polar surface area (TPSA) is 49.6 Å². The van der Waals surface area contributed by atoms with Crippen LogP contribution in [0.15, 0.2) is 48.8 Å². The summed E-state index contributed by atoms with van der Waals surface area (Å²) in [6.45, 7) is 0.572. The van der Waals surface area contributed by atoms with Gasteiger partial charge in [0.15, 0.2) is 0 Å². The molecule has 2 amide bonds. The van der Waals surface area contributed by atoms with Crippen molar-refractivity contribution in [2.75, 3.05) is 0 Å². The van der Waals surface area contributed by atoms with Crippen LogP contribution >= 0.6 is 11.6 Å². The molecule has 0 bridgehead atoms. The van der Waals surface area contributed by atoms with E-state index < -0.39 is 0 Å². The number of halogens is 2. The number of rotatable bonds is 5. The lowest BCUT2D eigenvalue weighted by atomic mass is 10.2. The number of aromatic nitrogens is 2. The largest absolute Gasteiger partial charge is 0.332 e. The molecule has 0 radical (unpaired) electrons. The van der Waals surface area contributed by atoms with Gasteiger partial charge in [-0.3, -0.25) is 0 Å². The van der Waals surface area contributed by atoms with Crippen molar-refractivity contribution in [3.63, 3.8) is 0 Å². The van der Waals surface area contributed by atoms with Crippen molar-refractivity contribution in [2.45, 2.75) is 32.0 Å². The molecule has 0 atom stereocenters. The molecule has 1 N–H and O–H groups in total. The molecule has 0 spiro atoms. The van der Waals surface area contributed by atoms with Gasteiger partial charge in [-0.15, -0.1) is 0 Å². The van der Waals surface area contributed by atoms with E-state index in [9.17, 15) is 9.18 Å². The molecule has 5 nitrogen and oxygen atoms in total. The Kier molecular flexibility index (Phi) is 4.51. The molecule has 0 aliphatic heterocycles. The fourth-order valence-corrected chi connectivity index (χ4v) is 3.10. The molecule has 2 heterocycles. The van der Waals surface area contributed by atoms with Crippen LogP contribution in [0.5, 0.6) is 0 Å². The fourth-order valence-electron chi connectivity index (χ4n) is 2.93. The zero-order valence-corrected chi connectivity index (χ0v) is 14.8. The van der Waals surface area contributed by atoms with Crippen molar-refractivity contribution in [2.24, 2.45) is 0 Å². The van der Waals surface area contributed by atoms with Gasteiger partial charge in [0.1, 0.15) is 11.5 Å². The molecule has 4 rings (SSSR count). The molecular formula is C19H18ClFN4O. The Balaban J connectivity index is 1.44. The summed E-state index contributed by atoms with van der Waals surface area (Å²) in [6, 6.07) is 10.1. The van der Waals surface area contributed by atoms with Gasteiger partial charge in [-0.05, 0) is 31.0 Å². The molecule has 2 aromatic heterocycles. The molecule has 1 saturated carbocycles. The Labute approximate surface area is 155 Å². The number of nitrogens with zero attached hydrogens (tertiary/aromatic N) is 3. The summed E-state index contributed by atoms with van der Waals surface area (Å²) in [7, 11) is 0. The van der Waals surface area contributed by atoms with Gasteiger partial charge in [0, 0.05) is 24.0 Å². The Bertz CT molecular complexity index is 954. The van der Waals surface area contributed by atoms with E-state index in [0.29, 0.717) is 17.1 Å². The van der Waals surface area contributed by atoms with E-state index in [1.54, 1.807) is 35.4 Å². The van der Waals surface area contributed by atoms with Crippen LogP contribution in [0.2, 0.25) is 5.02 Å². The van der Waals surface area contributed by atoms with E-state index >= 15 is 0 Å². The first-order valence-corrected chi connectivity index (χ1v) is 8.89. The van der Waals surface area contributed by atoms with Crippen LogP contribution in [0.25, 0.3) is 5.65 Å². The van der Waals surface area contributed by atoms with E-state index in [2.05, 4.69) is 10.3 Å². The molecule has 1 aromatic carbocycles. The molecule has 134 valence electrons. The van der Waals surface area contributed by atoms with Gasteiger partial charge in [-0.2, -0.15) is 0 Å². The molecule has 26 heavy (non-hydrogen) atoms. The van der Waals surface area contributed by atoms with Crippen molar-refractivity contribution < 1.29 is 9.18 Å². The van der Waals surface area contributed by atoms with E-state index in [4.69, 9.17) is 11.6 Å². The smallest absolute Gasteiger partial charge is 0.318 e. The minimum Gasteiger partial charge on any atom is -0.332 e. The summed E-state index contributed by atoms with van der Waals surface area (Å²) in [6.07, 6.45) is 5.51. The minimum atomic E-state index is -0.289. The third kappa shape index (κ3) is 3.65. The number of urea groups is 1. The van der Waals surface area contributed by atoms with Crippen LogP contribution < -0.4 is 5.32 Å². The maximum atomic E-state index is 13.9. The van der Waals surface area contributed by atoms with Crippen LogP contribution in [-0.2, 0) is 13.1 Å². The van der Waals surface area contributed by atoms with Gasteiger partial charge in [-0.1, -0.05) is 29.8 Å². The lowest BCUT2D eigenvalue weighted by Crippen LogP contribution is -2.40. The monoisotopic (exact) mass is 372 g/mol. The van der Waals surface area contributed by atoms with Crippen molar-refractivity contribution in [1.29, 1.82) is 0 Å². The van der Waals surface area contributed by atoms with Gasteiger partial charge < -0.3 is 14.6 Å². The van der Waals surface area contributed by atoms with Crippen molar-refractivity contribution >= 4 is 23.3 Å². The highest BCUT2D eigenvalue weighted by atomic mass is 35.5. The normalized spacial score (nSPS) is 13.8.